The number of nitrogens with zero attached hydrogens (tertiary/aromatic N) is 2. The largest absolute Gasteiger partial charge is 0.375 e. The van der Waals surface area contributed by atoms with Gasteiger partial charge in [0.05, 0.1) is 0 Å². The Labute approximate surface area is 85.8 Å². The van der Waals surface area contributed by atoms with Crippen molar-refractivity contribution in [2.45, 2.75) is 19.4 Å². The standard InChI is InChI=1S/C10H20N2O2/c1-10(2)8-12(6-5-11(10)3)9(13)7-14-4/h5-8H2,1-4H3. The van der Waals surface area contributed by atoms with E-state index in [2.05, 4.69) is 25.8 Å². The zero-order chi connectivity index (χ0) is 10.8. The number of carbonyl (C=O) groups is 1. The molecule has 4 heteroatoms. The average molecular weight is 200 g/mol. The second-order valence-corrected chi connectivity index (χ2v) is 4.48. The van der Waals surface area contributed by atoms with Gasteiger partial charge in [0.15, 0.2) is 0 Å². The van der Waals surface area contributed by atoms with Gasteiger partial charge < -0.3 is 9.64 Å². The summed E-state index contributed by atoms with van der Waals surface area (Å²) in [5.41, 5.74) is 0.0711. The molecule has 1 heterocycles. The van der Waals surface area contributed by atoms with E-state index >= 15 is 0 Å². The van der Waals surface area contributed by atoms with Crippen LogP contribution in [0, 0.1) is 0 Å². The fourth-order valence-corrected chi connectivity index (χ4v) is 1.67. The number of likely N-dealkylation sites (N-methyl/N-ethyl adjacent to an activating group) is 1. The molecule has 0 aliphatic carbocycles. The second kappa shape index (κ2) is 4.28. The molecular weight excluding hydrogens is 180 g/mol. The number of hydrogen-bond acceptors (Lipinski definition) is 3. The van der Waals surface area contributed by atoms with Gasteiger partial charge in [-0.25, -0.2) is 0 Å². The molecule has 0 aromatic rings. The molecular formula is C10H20N2O2. The van der Waals surface area contributed by atoms with Gasteiger partial charge in [-0.1, -0.05) is 0 Å². The lowest BCUT2D eigenvalue weighted by Crippen LogP contribution is -2.59. The number of methoxy groups -OCH3 is 1. The lowest BCUT2D eigenvalue weighted by atomic mass is 10.00. The lowest BCUT2D eigenvalue weighted by molar-refractivity contribution is -0.139. The number of piperazine rings is 1. The molecule has 0 N–H and O–H groups in total. The van der Waals surface area contributed by atoms with Crippen LogP contribution in [0.25, 0.3) is 0 Å². The molecule has 14 heavy (non-hydrogen) atoms. The van der Waals surface area contributed by atoms with Crippen molar-refractivity contribution >= 4 is 5.91 Å². The maximum absolute atomic E-state index is 11.6. The third kappa shape index (κ3) is 2.45. The summed E-state index contributed by atoms with van der Waals surface area (Å²) in [6.07, 6.45) is 0. The van der Waals surface area contributed by atoms with Gasteiger partial charge in [0, 0.05) is 32.3 Å². The molecule has 0 saturated carbocycles. The van der Waals surface area contributed by atoms with E-state index < -0.39 is 0 Å². The van der Waals surface area contributed by atoms with Crippen molar-refractivity contribution in [3.63, 3.8) is 0 Å². The Hall–Kier alpha value is -0.610. The Balaban J connectivity index is 2.55. The molecule has 0 aromatic heterocycles. The quantitative estimate of drug-likeness (QED) is 0.637. The zero-order valence-corrected chi connectivity index (χ0v) is 9.54. The first kappa shape index (κ1) is 11.5. The van der Waals surface area contributed by atoms with Crippen LogP contribution in [0.15, 0.2) is 0 Å². The van der Waals surface area contributed by atoms with E-state index in [1.807, 2.05) is 4.90 Å². The number of rotatable bonds is 2. The predicted octanol–water partition coefficient (Wildman–Crippen LogP) is 0.185. The third-order valence-corrected chi connectivity index (χ3v) is 2.94. The van der Waals surface area contributed by atoms with Crippen LogP contribution < -0.4 is 0 Å². The molecule has 1 saturated heterocycles. The third-order valence-electron chi connectivity index (χ3n) is 2.94. The SMILES string of the molecule is COCC(=O)N1CCN(C)C(C)(C)C1. The van der Waals surface area contributed by atoms with E-state index in [1.54, 1.807) is 7.11 Å². The molecule has 0 radical (unpaired) electrons. The Morgan fingerprint density at radius 3 is 2.57 bits per heavy atom. The molecule has 4 nitrogen and oxygen atoms in total. The minimum atomic E-state index is 0.0711. The van der Waals surface area contributed by atoms with Crippen LogP contribution in [0.5, 0.6) is 0 Å². The van der Waals surface area contributed by atoms with Crippen molar-refractivity contribution < 1.29 is 9.53 Å². The Bertz CT molecular complexity index is 216. The molecule has 0 spiro atoms. The zero-order valence-electron chi connectivity index (χ0n) is 9.54. The van der Waals surface area contributed by atoms with Gasteiger partial charge in [-0.2, -0.15) is 0 Å². The molecule has 1 aliphatic rings. The van der Waals surface area contributed by atoms with E-state index in [1.165, 1.54) is 0 Å². The summed E-state index contributed by atoms with van der Waals surface area (Å²) in [6, 6.07) is 0. The van der Waals surface area contributed by atoms with E-state index in [9.17, 15) is 4.79 Å². The van der Waals surface area contributed by atoms with Crippen LogP contribution in [0.2, 0.25) is 0 Å². The van der Waals surface area contributed by atoms with Crippen LogP contribution in [0.4, 0.5) is 0 Å². The van der Waals surface area contributed by atoms with Gasteiger partial charge >= 0.3 is 0 Å². The summed E-state index contributed by atoms with van der Waals surface area (Å²) in [4.78, 5) is 15.7. The van der Waals surface area contributed by atoms with E-state index in [0.717, 1.165) is 19.6 Å². The van der Waals surface area contributed by atoms with Crippen LogP contribution >= 0.6 is 0 Å². The Morgan fingerprint density at radius 2 is 2.07 bits per heavy atom. The highest BCUT2D eigenvalue weighted by Gasteiger charge is 2.32. The first-order valence-corrected chi connectivity index (χ1v) is 4.95. The summed E-state index contributed by atoms with van der Waals surface area (Å²) >= 11 is 0. The normalized spacial score (nSPS) is 22.4. The number of hydrogen-bond donors (Lipinski definition) is 0. The number of carbonyl (C=O) groups excluding carboxylic acids is 1. The van der Waals surface area contributed by atoms with E-state index in [0.29, 0.717) is 0 Å². The van der Waals surface area contributed by atoms with Crippen LogP contribution in [-0.2, 0) is 9.53 Å². The Morgan fingerprint density at radius 1 is 1.43 bits per heavy atom. The first-order valence-electron chi connectivity index (χ1n) is 4.95. The lowest BCUT2D eigenvalue weighted by Gasteiger charge is -2.45. The van der Waals surface area contributed by atoms with Crippen LogP contribution in [0.1, 0.15) is 13.8 Å². The van der Waals surface area contributed by atoms with Crippen molar-refractivity contribution in [1.82, 2.24) is 9.80 Å². The van der Waals surface area contributed by atoms with Crippen molar-refractivity contribution in [2.75, 3.05) is 40.4 Å². The molecule has 82 valence electrons. The minimum absolute atomic E-state index is 0.0711. The van der Waals surface area contributed by atoms with Crippen LogP contribution in [0.3, 0.4) is 0 Å². The van der Waals surface area contributed by atoms with Crippen molar-refractivity contribution in [2.24, 2.45) is 0 Å². The molecule has 0 unspecified atom stereocenters. The minimum Gasteiger partial charge on any atom is -0.375 e. The number of amides is 1. The molecule has 1 aliphatic heterocycles. The number of ether oxygens (including phenoxy) is 1. The first-order chi connectivity index (χ1) is 6.47. The highest BCUT2D eigenvalue weighted by atomic mass is 16.5. The molecule has 0 aromatic carbocycles. The summed E-state index contributed by atoms with van der Waals surface area (Å²) in [7, 11) is 3.65. The highest BCUT2D eigenvalue weighted by molar-refractivity contribution is 5.77. The fraction of sp³-hybridized carbons (Fsp3) is 0.900. The molecule has 1 rings (SSSR count). The maximum atomic E-state index is 11.6. The smallest absolute Gasteiger partial charge is 0.248 e. The second-order valence-electron chi connectivity index (χ2n) is 4.48. The topological polar surface area (TPSA) is 32.8 Å². The van der Waals surface area contributed by atoms with Gasteiger partial charge in [0.25, 0.3) is 0 Å². The van der Waals surface area contributed by atoms with Gasteiger partial charge in [0.2, 0.25) is 5.91 Å². The summed E-state index contributed by atoms with van der Waals surface area (Å²) in [6.45, 7) is 7.02. The predicted molar refractivity (Wildman–Crippen MR) is 55.2 cm³/mol. The summed E-state index contributed by atoms with van der Waals surface area (Å²) in [5.74, 6) is 0.0914. The van der Waals surface area contributed by atoms with Crippen molar-refractivity contribution in [1.29, 1.82) is 0 Å². The van der Waals surface area contributed by atoms with Crippen molar-refractivity contribution in [3.05, 3.63) is 0 Å². The van der Waals surface area contributed by atoms with E-state index in [-0.39, 0.29) is 18.1 Å². The van der Waals surface area contributed by atoms with Crippen molar-refractivity contribution in [3.8, 4) is 0 Å². The molecule has 1 amide bonds. The van der Waals surface area contributed by atoms with E-state index in [4.69, 9.17) is 4.74 Å². The van der Waals surface area contributed by atoms with Gasteiger partial charge in [-0.05, 0) is 20.9 Å². The van der Waals surface area contributed by atoms with Crippen LogP contribution in [-0.4, -0.2) is 61.6 Å². The Kier molecular flexibility index (Phi) is 3.50. The molecule has 0 bridgehead atoms. The fourth-order valence-electron chi connectivity index (χ4n) is 1.67. The summed E-state index contributed by atoms with van der Waals surface area (Å²) < 4.78 is 4.85. The van der Waals surface area contributed by atoms with Gasteiger partial charge in [0.1, 0.15) is 6.61 Å². The monoisotopic (exact) mass is 200 g/mol. The summed E-state index contributed by atoms with van der Waals surface area (Å²) in [5, 5.41) is 0. The average Bonchev–Trinajstić information content (AvgIpc) is 2.10. The molecule has 1 fully saturated rings. The van der Waals surface area contributed by atoms with Gasteiger partial charge in [-0.15, -0.1) is 0 Å². The molecule has 0 atom stereocenters. The highest BCUT2D eigenvalue weighted by Crippen LogP contribution is 2.18. The maximum Gasteiger partial charge on any atom is 0.248 e. The van der Waals surface area contributed by atoms with Gasteiger partial charge in [-0.3, -0.25) is 9.69 Å².